The Morgan fingerprint density at radius 2 is 2.29 bits per heavy atom. The summed E-state index contributed by atoms with van der Waals surface area (Å²) in [5.41, 5.74) is 1.18. The molecule has 0 aliphatic carbocycles. The van der Waals surface area contributed by atoms with Crippen LogP contribution in [0.3, 0.4) is 0 Å². The molecular weight excluding hydrogens is 401 g/mol. The predicted octanol–water partition coefficient (Wildman–Crippen LogP) is 2.75. The first kappa shape index (κ1) is 18.0. The maximum absolute atomic E-state index is 9.94. The number of hydrogen-bond donors (Lipinski definition) is 3. The van der Waals surface area contributed by atoms with E-state index in [4.69, 9.17) is 4.42 Å². The van der Waals surface area contributed by atoms with Gasteiger partial charge in [-0.2, -0.15) is 11.3 Å². The molecule has 0 saturated carbocycles. The lowest BCUT2D eigenvalue weighted by Crippen LogP contribution is -2.39. The van der Waals surface area contributed by atoms with Gasteiger partial charge in [-0.25, -0.2) is 4.99 Å². The van der Waals surface area contributed by atoms with Gasteiger partial charge >= 0.3 is 0 Å². The van der Waals surface area contributed by atoms with Gasteiger partial charge in [-0.05, 0) is 41.4 Å². The molecule has 1 atom stereocenters. The Hall–Kier alpha value is -1.06. The minimum atomic E-state index is -0.685. The Morgan fingerprint density at radius 1 is 1.43 bits per heavy atom. The van der Waals surface area contributed by atoms with Crippen molar-refractivity contribution in [1.82, 2.24) is 10.6 Å². The zero-order valence-electron chi connectivity index (χ0n) is 11.8. The Morgan fingerprint density at radius 3 is 2.90 bits per heavy atom. The van der Waals surface area contributed by atoms with Gasteiger partial charge in [0.15, 0.2) is 5.96 Å². The van der Waals surface area contributed by atoms with Crippen LogP contribution in [0, 0.1) is 0 Å². The van der Waals surface area contributed by atoms with E-state index in [1.165, 1.54) is 5.56 Å². The highest BCUT2D eigenvalue weighted by Gasteiger charge is 2.10. The molecule has 2 rings (SSSR count). The second-order valence-corrected chi connectivity index (χ2v) is 5.02. The maximum atomic E-state index is 9.94. The molecule has 0 radical (unpaired) electrons. The third kappa shape index (κ3) is 6.06. The largest absolute Gasteiger partial charge is 0.467 e. The molecule has 0 spiro atoms. The SMILES string of the molecule is CCNC(=NCc1ccsc1)NCC(O)c1ccco1.I. The number of halogens is 1. The first-order valence-electron chi connectivity index (χ1n) is 6.54. The summed E-state index contributed by atoms with van der Waals surface area (Å²) in [4.78, 5) is 4.47. The van der Waals surface area contributed by atoms with Crippen LogP contribution in [0.15, 0.2) is 44.6 Å². The minimum Gasteiger partial charge on any atom is -0.467 e. The van der Waals surface area contributed by atoms with Crippen LogP contribution in [0.25, 0.3) is 0 Å². The van der Waals surface area contributed by atoms with E-state index in [-0.39, 0.29) is 24.0 Å². The smallest absolute Gasteiger partial charge is 0.191 e. The normalized spacial score (nSPS) is 12.6. The molecule has 2 aromatic rings. The second-order valence-electron chi connectivity index (χ2n) is 4.24. The Bertz CT molecular complexity index is 514. The summed E-state index contributed by atoms with van der Waals surface area (Å²) >= 11 is 1.66. The standard InChI is InChI=1S/C14H19N3O2S.HI/c1-2-15-14(16-8-11-5-7-20-10-11)17-9-12(18)13-4-3-6-19-13;/h3-7,10,12,18H,2,8-9H2,1H3,(H2,15,16,17);1H. The molecule has 0 bridgehead atoms. The van der Waals surface area contributed by atoms with Crippen LogP contribution in [0.2, 0.25) is 0 Å². The number of rotatable bonds is 6. The molecular formula is C14H20IN3O2S. The van der Waals surface area contributed by atoms with E-state index in [0.717, 1.165) is 6.54 Å². The van der Waals surface area contributed by atoms with Crippen molar-refractivity contribution in [2.24, 2.45) is 4.99 Å². The first-order valence-corrected chi connectivity index (χ1v) is 7.48. The van der Waals surface area contributed by atoms with E-state index in [9.17, 15) is 5.11 Å². The molecule has 0 saturated heterocycles. The van der Waals surface area contributed by atoms with E-state index in [1.807, 2.05) is 12.3 Å². The zero-order valence-corrected chi connectivity index (χ0v) is 14.9. The Kier molecular flexibility index (Phi) is 8.40. The molecule has 0 aliphatic heterocycles. The van der Waals surface area contributed by atoms with E-state index in [2.05, 4.69) is 27.1 Å². The van der Waals surface area contributed by atoms with E-state index >= 15 is 0 Å². The fourth-order valence-corrected chi connectivity index (χ4v) is 2.33. The third-order valence-corrected chi connectivity index (χ3v) is 3.41. The van der Waals surface area contributed by atoms with Gasteiger partial charge in [0.05, 0.1) is 19.4 Å². The van der Waals surface area contributed by atoms with Crippen molar-refractivity contribution in [2.75, 3.05) is 13.1 Å². The molecule has 7 heteroatoms. The Balaban J connectivity index is 0.00000220. The topological polar surface area (TPSA) is 69.8 Å². The van der Waals surface area contributed by atoms with E-state index < -0.39 is 6.10 Å². The molecule has 21 heavy (non-hydrogen) atoms. The van der Waals surface area contributed by atoms with Crippen LogP contribution in [0.5, 0.6) is 0 Å². The third-order valence-electron chi connectivity index (χ3n) is 2.68. The summed E-state index contributed by atoms with van der Waals surface area (Å²) in [6.45, 7) is 3.75. The van der Waals surface area contributed by atoms with Gasteiger partial charge in [-0.15, -0.1) is 24.0 Å². The lowest BCUT2D eigenvalue weighted by atomic mass is 10.3. The fraction of sp³-hybridized carbons (Fsp3) is 0.357. The first-order chi connectivity index (χ1) is 9.79. The van der Waals surface area contributed by atoms with Gasteiger partial charge in [0, 0.05) is 6.54 Å². The van der Waals surface area contributed by atoms with Gasteiger partial charge in [0.1, 0.15) is 11.9 Å². The molecule has 0 aromatic carbocycles. The molecule has 0 aliphatic rings. The average Bonchev–Trinajstić information content (AvgIpc) is 3.13. The van der Waals surface area contributed by atoms with Gasteiger partial charge in [0.2, 0.25) is 0 Å². The van der Waals surface area contributed by atoms with Gasteiger partial charge in [-0.3, -0.25) is 0 Å². The minimum absolute atomic E-state index is 0. The highest BCUT2D eigenvalue weighted by molar-refractivity contribution is 14.0. The lowest BCUT2D eigenvalue weighted by molar-refractivity contribution is 0.153. The zero-order chi connectivity index (χ0) is 14.2. The van der Waals surface area contributed by atoms with Crippen molar-refractivity contribution >= 4 is 41.3 Å². The number of furan rings is 1. The van der Waals surface area contributed by atoms with Crippen LogP contribution in [-0.2, 0) is 6.54 Å². The number of hydrogen-bond acceptors (Lipinski definition) is 4. The highest BCUT2D eigenvalue weighted by atomic mass is 127. The van der Waals surface area contributed by atoms with Gasteiger partial charge < -0.3 is 20.2 Å². The second kappa shape index (κ2) is 9.80. The predicted molar refractivity (Wildman–Crippen MR) is 96.2 cm³/mol. The van der Waals surface area contributed by atoms with Crippen LogP contribution < -0.4 is 10.6 Å². The average molecular weight is 421 g/mol. The highest BCUT2D eigenvalue weighted by Crippen LogP contribution is 2.11. The van der Waals surface area contributed by atoms with Crippen LogP contribution in [0.4, 0.5) is 0 Å². The molecule has 5 nitrogen and oxygen atoms in total. The summed E-state index contributed by atoms with van der Waals surface area (Å²) in [7, 11) is 0. The number of aliphatic hydroxyl groups excluding tert-OH is 1. The number of guanidine groups is 1. The van der Waals surface area contributed by atoms with Crippen molar-refractivity contribution in [1.29, 1.82) is 0 Å². The van der Waals surface area contributed by atoms with Crippen LogP contribution in [-0.4, -0.2) is 24.2 Å². The molecule has 0 fully saturated rings. The summed E-state index contributed by atoms with van der Waals surface area (Å²) in [5, 5.41) is 20.3. The number of nitrogens with zero attached hydrogens (tertiary/aromatic N) is 1. The summed E-state index contributed by atoms with van der Waals surface area (Å²) in [6, 6.07) is 5.56. The molecule has 2 heterocycles. The summed E-state index contributed by atoms with van der Waals surface area (Å²) in [5.74, 6) is 1.23. The number of aliphatic imine (C=N–C) groups is 1. The fourth-order valence-electron chi connectivity index (χ4n) is 1.67. The number of nitrogens with one attached hydrogen (secondary N) is 2. The quantitative estimate of drug-likeness (QED) is 0.381. The van der Waals surface area contributed by atoms with Crippen molar-refractivity contribution in [3.8, 4) is 0 Å². The van der Waals surface area contributed by atoms with E-state index in [1.54, 1.807) is 29.7 Å². The summed E-state index contributed by atoms with van der Waals surface area (Å²) < 4.78 is 5.16. The van der Waals surface area contributed by atoms with Gasteiger partial charge in [0.25, 0.3) is 0 Å². The van der Waals surface area contributed by atoms with Crippen molar-refractivity contribution < 1.29 is 9.52 Å². The molecule has 3 N–H and O–H groups in total. The van der Waals surface area contributed by atoms with Gasteiger partial charge in [-0.1, -0.05) is 0 Å². The summed E-state index contributed by atoms with van der Waals surface area (Å²) in [6.07, 6.45) is 0.865. The van der Waals surface area contributed by atoms with Crippen molar-refractivity contribution in [2.45, 2.75) is 19.6 Å². The molecule has 116 valence electrons. The van der Waals surface area contributed by atoms with Crippen molar-refractivity contribution in [3.05, 3.63) is 46.5 Å². The molecule has 0 amide bonds. The molecule has 1 unspecified atom stereocenters. The number of aliphatic hydroxyl groups is 1. The maximum Gasteiger partial charge on any atom is 0.191 e. The lowest BCUT2D eigenvalue weighted by Gasteiger charge is -2.13. The van der Waals surface area contributed by atoms with Crippen LogP contribution in [0.1, 0.15) is 24.4 Å². The van der Waals surface area contributed by atoms with E-state index in [0.29, 0.717) is 24.8 Å². The van der Waals surface area contributed by atoms with Crippen LogP contribution >= 0.6 is 35.3 Å². The monoisotopic (exact) mass is 421 g/mol. The van der Waals surface area contributed by atoms with Crippen molar-refractivity contribution in [3.63, 3.8) is 0 Å². The Labute approximate surface area is 145 Å². The molecule has 2 aromatic heterocycles. The number of thiophene rings is 1.